The minimum absolute atomic E-state index is 0.0311. The monoisotopic (exact) mass is 262 g/mol. The molecule has 0 saturated carbocycles. The van der Waals surface area contributed by atoms with E-state index < -0.39 is 11.8 Å². The average molecular weight is 262 g/mol. The smallest absolute Gasteiger partial charge is 0.338 e. The highest BCUT2D eigenvalue weighted by molar-refractivity contribution is 5.89. The molecule has 98 valence electrons. The highest BCUT2D eigenvalue weighted by Gasteiger charge is 2.08. The zero-order valence-electron chi connectivity index (χ0n) is 10.1. The number of nitrogens with zero attached hydrogens (tertiary/aromatic N) is 1. The van der Waals surface area contributed by atoms with Crippen LogP contribution in [0.25, 0.3) is 0 Å². The predicted octanol–water partition coefficient (Wildman–Crippen LogP) is 2.38. The molecule has 0 aliphatic carbocycles. The van der Waals surface area contributed by atoms with E-state index in [4.69, 9.17) is 10.5 Å². The number of pyridine rings is 1. The predicted molar refractivity (Wildman–Crippen MR) is 66.5 cm³/mol. The van der Waals surface area contributed by atoms with E-state index >= 15 is 0 Å². The van der Waals surface area contributed by atoms with Gasteiger partial charge in [-0.3, -0.25) is 0 Å². The van der Waals surface area contributed by atoms with E-state index in [1.54, 1.807) is 0 Å². The van der Waals surface area contributed by atoms with Crippen molar-refractivity contribution in [3.05, 3.63) is 47.9 Å². The first kappa shape index (κ1) is 12.8. The molecule has 0 fully saturated rings. The van der Waals surface area contributed by atoms with Crippen LogP contribution in [0, 0.1) is 5.82 Å². The minimum atomic E-state index is -0.582. The van der Waals surface area contributed by atoms with Crippen LogP contribution in [-0.2, 0) is 4.74 Å². The highest BCUT2D eigenvalue weighted by atomic mass is 19.1. The Morgan fingerprint density at radius 2 is 2.11 bits per heavy atom. The molecule has 5 nitrogen and oxygen atoms in total. The molecule has 2 rings (SSSR count). The van der Waals surface area contributed by atoms with Crippen molar-refractivity contribution in [2.45, 2.75) is 0 Å². The Morgan fingerprint density at radius 3 is 2.79 bits per heavy atom. The number of nitrogens with two attached hydrogens (primary N) is 1. The van der Waals surface area contributed by atoms with Crippen molar-refractivity contribution >= 4 is 11.7 Å². The Labute approximate surface area is 108 Å². The molecule has 0 unspecified atom stereocenters. The molecule has 0 spiro atoms. The van der Waals surface area contributed by atoms with Gasteiger partial charge in [-0.25, -0.2) is 14.2 Å². The van der Waals surface area contributed by atoms with E-state index in [1.165, 1.54) is 37.6 Å². The fourth-order valence-electron chi connectivity index (χ4n) is 1.40. The molecule has 2 aromatic rings. The standard InChI is InChI=1S/C13H11FN2O3/c1-18-13(17)8-4-5-16-12(6-8)19-9-2-3-11(15)10(14)7-9/h2-7H,15H2,1H3. The molecule has 0 aliphatic heterocycles. The van der Waals surface area contributed by atoms with Gasteiger partial charge in [-0.15, -0.1) is 0 Å². The molecule has 0 radical (unpaired) electrons. The summed E-state index contributed by atoms with van der Waals surface area (Å²) in [5.41, 5.74) is 5.68. The third kappa shape index (κ3) is 2.98. The molecule has 0 bridgehead atoms. The molecule has 0 aliphatic rings. The lowest BCUT2D eigenvalue weighted by Gasteiger charge is -2.06. The second-order valence-electron chi connectivity index (χ2n) is 3.66. The summed E-state index contributed by atoms with van der Waals surface area (Å²) < 4.78 is 23.2. The Kier molecular flexibility index (Phi) is 3.61. The molecule has 1 aromatic heterocycles. The first-order chi connectivity index (χ1) is 9.10. The van der Waals surface area contributed by atoms with Crippen molar-refractivity contribution in [1.29, 1.82) is 0 Å². The summed E-state index contributed by atoms with van der Waals surface area (Å²) in [5, 5.41) is 0. The normalized spacial score (nSPS) is 10.0. The van der Waals surface area contributed by atoms with Gasteiger partial charge in [-0.2, -0.15) is 0 Å². The van der Waals surface area contributed by atoms with E-state index in [0.29, 0.717) is 5.56 Å². The quantitative estimate of drug-likeness (QED) is 0.679. The Hall–Kier alpha value is -2.63. The number of anilines is 1. The number of esters is 1. The van der Waals surface area contributed by atoms with E-state index in [0.717, 1.165) is 6.07 Å². The number of nitrogen functional groups attached to an aromatic ring is 1. The molecule has 0 saturated heterocycles. The lowest BCUT2D eigenvalue weighted by molar-refractivity contribution is 0.0600. The summed E-state index contributed by atoms with van der Waals surface area (Å²) in [5.74, 6) is -0.689. The van der Waals surface area contributed by atoms with Gasteiger partial charge in [-0.05, 0) is 18.2 Å². The molecular formula is C13H11FN2O3. The van der Waals surface area contributed by atoms with Crippen LogP contribution in [0.15, 0.2) is 36.5 Å². The van der Waals surface area contributed by atoms with E-state index in [1.807, 2.05) is 0 Å². The number of benzene rings is 1. The van der Waals surface area contributed by atoms with Gasteiger partial charge in [0.15, 0.2) is 0 Å². The number of methoxy groups -OCH3 is 1. The first-order valence-electron chi connectivity index (χ1n) is 5.37. The van der Waals surface area contributed by atoms with Gasteiger partial charge in [0, 0.05) is 18.3 Å². The number of carbonyl (C=O) groups excluding carboxylic acids is 1. The van der Waals surface area contributed by atoms with E-state index in [-0.39, 0.29) is 17.3 Å². The van der Waals surface area contributed by atoms with Gasteiger partial charge < -0.3 is 15.2 Å². The van der Waals surface area contributed by atoms with Crippen molar-refractivity contribution in [1.82, 2.24) is 4.98 Å². The van der Waals surface area contributed by atoms with Crippen LogP contribution >= 0.6 is 0 Å². The molecule has 2 N–H and O–H groups in total. The third-order valence-electron chi connectivity index (χ3n) is 2.35. The van der Waals surface area contributed by atoms with Crippen molar-refractivity contribution in [3.8, 4) is 11.6 Å². The van der Waals surface area contributed by atoms with Crippen molar-refractivity contribution in [2.24, 2.45) is 0 Å². The zero-order chi connectivity index (χ0) is 13.8. The lowest BCUT2D eigenvalue weighted by Crippen LogP contribution is -2.01. The third-order valence-corrected chi connectivity index (χ3v) is 2.35. The number of rotatable bonds is 3. The summed E-state index contributed by atoms with van der Waals surface area (Å²) in [6.45, 7) is 0. The van der Waals surface area contributed by atoms with Gasteiger partial charge in [0.05, 0.1) is 18.4 Å². The van der Waals surface area contributed by atoms with E-state index in [2.05, 4.69) is 9.72 Å². The largest absolute Gasteiger partial charge is 0.465 e. The summed E-state index contributed by atoms with van der Waals surface area (Å²) in [7, 11) is 1.28. The first-order valence-corrected chi connectivity index (χ1v) is 5.37. The van der Waals surface area contributed by atoms with Gasteiger partial charge in [0.1, 0.15) is 11.6 Å². The van der Waals surface area contributed by atoms with Crippen LogP contribution in [0.1, 0.15) is 10.4 Å². The number of carbonyl (C=O) groups is 1. The second kappa shape index (κ2) is 5.34. The maximum atomic E-state index is 13.2. The van der Waals surface area contributed by atoms with Crippen LogP contribution in [0.4, 0.5) is 10.1 Å². The van der Waals surface area contributed by atoms with E-state index in [9.17, 15) is 9.18 Å². The maximum Gasteiger partial charge on any atom is 0.338 e. The number of hydrogen-bond donors (Lipinski definition) is 1. The van der Waals surface area contributed by atoms with Crippen molar-refractivity contribution in [2.75, 3.05) is 12.8 Å². The second-order valence-corrected chi connectivity index (χ2v) is 3.66. The molecular weight excluding hydrogens is 251 g/mol. The lowest BCUT2D eigenvalue weighted by atomic mass is 10.2. The average Bonchev–Trinajstić information content (AvgIpc) is 2.42. The fourth-order valence-corrected chi connectivity index (χ4v) is 1.40. The van der Waals surface area contributed by atoms with Crippen molar-refractivity contribution < 1.29 is 18.7 Å². The molecule has 6 heteroatoms. The summed E-state index contributed by atoms with van der Waals surface area (Å²) in [6.07, 6.45) is 1.40. The zero-order valence-corrected chi connectivity index (χ0v) is 10.1. The summed E-state index contributed by atoms with van der Waals surface area (Å²) in [4.78, 5) is 15.3. The molecule has 1 aromatic carbocycles. The number of ether oxygens (including phenoxy) is 2. The van der Waals surface area contributed by atoms with Gasteiger partial charge in [0.25, 0.3) is 0 Å². The SMILES string of the molecule is COC(=O)c1ccnc(Oc2ccc(N)c(F)c2)c1. The van der Waals surface area contributed by atoms with Crippen LogP contribution in [0.3, 0.4) is 0 Å². The molecule has 19 heavy (non-hydrogen) atoms. The fraction of sp³-hybridized carbons (Fsp3) is 0.0769. The van der Waals surface area contributed by atoms with Crippen LogP contribution in [0.5, 0.6) is 11.6 Å². The summed E-state index contributed by atoms with van der Waals surface area (Å²) >= 11 is 0. The molecule has 0 atom stereocenters. The van der Waals surface area contributed by atoms with Gasteiger partial charge in [0.2, 0.25) is 5.88 Å². The van der Waals surface area contributed by atoms with Gasteiger partial charge >= 0.3 is 5.97 Å². The highest BCUT2D eigenvalue weighted by Crippen LogP contribution is 2.23. The summed E-state index contributed by atoms with van der Waals surface area (Å²) in [6, 6.07) is 6.92. The maximum absolute atomic E-state index is 13.2. The Balaban J connectivity index is 2.23. The Bertz CT molecular complexity index is 617. The Morgan fingerprint density at radius 1 is 1.32 bits per heavy atom. The molecule has 0 amide bonds. The van der Waals surface area contributed by atoms with Crippen molar-refractivity contribution in [3.63, 3.8) is 0 Å². The number of halogens is 1. The van der Waals surface area contributed by atoms with Crippen LogP contribution < -0.4 is 10.5 Å². The number of hydrogen-bond acceptors (Lipinski definition) is 5. The topological polar surface area (TPSA) is 74.4 Å². The van der Waals surface area contributed by atoms with Gasteiger partial charge in [-0.1, -0.05) is 0 Å². The minimum Gasteiger partial charge on any atom is -0.465 e. The molecule has 1 heterocycles. The number of aromatic nitrogens is 1. The van der Waals surface area contributed by atoms with Crippen LogP contribution in [-0.4, -0.2) is 18.1 Å². The van der Waals surface area contributed by atoms with Crippen LogP contribution in [0.2, 0.25) is 0 Å².